The SMILES string of the molecule is CC(=O)OCCN1C(=O)C(C#N)=C(C)/C(=C\c2cn(-c3ccccc3)nc2-c2ccc(F)cc2)C1=O. The quantitative estimate of drug-likeness (QED) is 0.299. The number of halogens is 1. The molecular formula is C27H21FN4O4. The Labute approximate surface area is 206 Å². The number of carbonyl (C=O) groups excluding carboxylic acids is 3. The normalized spacial score (nSPS) is 14.8. The molecule has 0 aliphatic carbocycles. The maximum Gasteiger partial charge on any atom is 0.302 e. The minimum absolute atomic E-state index is 0.130. The van der Waals surface area contributed by atoms with Crippen molar-refractivity contribution in [2.24, 2.45) is 0 Å². The van der Waals surface area contributed by atoms with Crippen LogP contribution in [-0.2, 0) is 19.1 Å². The first kappa shape index (κ1) is 24.3. The van der Waals surface area contributed by atoms with E-state index in [-0.39, 0.29) is 29.9 Å². The number of hydrogen-bond acceptors (Lipinski definition) is 6. The predicted molar refractivity (Wildman–Crippen MR) is 129 cm³/mol. The number of carbonyl (C=O) groups is 3. The highest BCUT2D eigenvalue weighted by molar-refractivity contribution is 6.19. The number of nitrogens with zero attached hydrogens (tertiary/aromatic N) is 4. The topological polar surface area (TPSA) is 105 Å². The number of imide groups is 1. The molecule has 0 N–H and O–H groups in total. The Bertz CT molecular complexity index is 1450. The molecule has 0 atom stereocenters. The summed E-state index contributed by atoms with van der Waals surface area (Å²) in [5.41, 5.74) is 2.57. The van der Waals surface area contributed by atoms with E-state index in [9.17, 15) is 24.0 Å². The lowest BCUT2D eigenvalue weighted by Gasteiger charge is -2.27. The number of esters is 1. The smallest absolute Gasteiger partial charge is 0.302 e. The van der Waals surface area contributed by atoms with Crippen LogP contribution in [0.25, 0.3) is 23.0 Å². The fourth-order valence-electron chi connectivity index (χ4n) is 3.81. The van der Waals surface area contributed by atoms with Crippen LogP contribution in [0.1, 0.15) is 19.4 Å². The van der Waals surface area contributed by atoms with E-state index in [1.807, 2.05) is 36.4 Å². The standard InChI is InChI=1S/C27H21FN4O4/c1-17-23(26(34)31(12-13-36-18(2)33)27(35)24(17)15-29)14-20-16-32(22-6-4-3-5-7-22)30-25(20)19-8-10-21(28)11-9-19/h3-11,14,16H,12-13H2,1-2H3/b23-14+. The summed E-state index contributed by atoms with van der Waals surface area (Å²) in [6, 6.07) is 17.0. The zero-order chi connectivity index (χ0) is 25.8. The number of para-hydroxylation sites is 1. The molecule has 1 aliphatic rings. The van der Waals surface area contributed by atoms with Gasteiger partial charge >= 0.3 is 5.97 Å². The zero-order valence-electron chi connectivity index (χ0n) is 19.6. The average Bonchev–Trinajstić information content (AvgIpc) is 3.29. The Balaban J connectivity index is 1.84. The summed E-state index contributed by atoms with van der Waals surface area (Å²) in [5.74, 6) is -2.32. The molecule has 0 saturated heterocycles. The van der Waals surface area contributed by atoms with Crippen LogP contribution in [0, 0.1) is 17.1 Å². The summed E-state index contributed by atoms with van der Waals surface area (Å²) < 4.78 is 20.1. The van der Waals surface area contributed by atoms with Gasteiger partial charge in [0, 0.05) is 29.8 Å². The minimum atomic E-state index is -0.747. The number of benzene rings is 2. The van der Waals surface area contributed by atoms with E-state index < -0.39 is 23.6 Å². The van der Waals surface area contributed by atoms with Crippen molar-refractivity contribution in [1.82, 2.24) is 14.7 Å². The molecule has 8 nitrogen and oxygen atoms in total. The molecule has 0 bridgehead atoms. The fraction of sp³-hybridized carbons (Fsp3) is 0.148. The summed E-state index contributed by atoms with van der Waals surface area (Å²) in [6.07, 6.45) is 3.28. The number of rotatable bonds is 6. The highest BCUT2D eigenvalue weighted by Crippen LogP contribution is 2.31. The maximum absolute atomic E-state index is 13.6. The Hall–Kier alpha value is -4.84. The predicted octanol–water partition coefficient (Wildman–Crippen LogP) is 3.83. The van der Waals surface area contributed by atoms with E-state index in [0.29, 0.717) is 16.8 Å². The molecule has 3 aromatic rings. The van der Waals surface area contributed by atoms with Crippen LogP contribution in [0.5, 0.6) is 0 Å². The molecule has 36 heavy (non-hydrogen) atoms. The Morgan fingerprint density at radius 2 is 1.81 bits per heavy atom. The lowest BCUT2D eigenvalue weighted by molar-refractivity contribution is -0.147. The number of nitriles is 1. The van der Waals surface area contributed by atoms with Crippen LogP contribution in [0.4, 0.5) is 4.39 Å². The lowest BCUT2D eigenvalue weighted by atomic mass is 9.93. The number of amides is 2. The van der Waals surface area contributed by atoms with Crippen LogP contribution in [0.3, 0.4) is 0 Å². The van der Waals surface area contributed by atoms with Gasteiger partial charge in [-0.1, -0.05) is 18.2 Å². The first-order chi connectivity index (χ1) is 17.3. The van der Waals surface area contributed by atoms with E-state index >= 15 is 0 Å². The second kappa shape index (κ2) is 10.2. The molecule has 2 aromatic carbocycles. The van der Waals surface area contributed by atoms with Gasteiger partial charge in [0.1, 0.15) is 24.1 Å². The molecule has 0 radical (unpaired) electrons. The number of ether oxygens (including phenoxy) is 1. The van der Waals surface area contributed by atoms with Crippen molar-refractivity contribution in [3.05, 3.63) is 88.9 Å². The van der Waals surface area contributed by atoms with Gasteiger partial charge in [0.05, 0.1) is 17.9 Å². The first-order valence-corrected chi connectivity index (χ1v) is 11.0. The van der Waals surface area contributed by atoms with Gasteiger partial charge in [0.15, 0.2) is 0 Å². The summed E-state index contributed by atoms with van der Waals surface area (Å²) >= 11 is 0. The second-order valence-corrected chi connectivity index (χ2v) is 7.99. The number of aromatic nitrogens is 2. The van der Waals surface area contributed by atoms with Gasteiger partial charge < -0.3 is 4.74 Å². The molecular weight excluding hydrogens is 463 g/mol. The van der Waals surface area contributed by atoms with Gasteiger partial charge in [-0.15, -0.1) is 0 Å². The highest BCUT2D eigenvalue weighted by Gasteiger charge is 2.35. The minimum Gasteiger partial charge on any atom is -0.464 e. The molecule has 4 rings (SSSR count). The van der Waals surface area contributed by atoms with Crippen molar-refractivity contribution in [1.29, 1.82) is 5.26 Å². The average molecular weight is 484 g/mol. The number of hydrogen-bond donors (Lipinski definition) is 0. The van der Waals surface area contributed by atoms with Crippen LogP contribution < -0.4 is 0 Å². The van der Waals surface area contributed by atoms with Crippen molar-refractivity contribution >= 4 is 23.9 Å². The lowest BCUT2D eigenvalue weighted by Crippen LogP contribution is -2.44. The molecule has 2 amide bonds. The third-order valence-electron chi connectivity index (χ3n) is 5.63. The second-order valence-electron chi connectivity index (χ2n) is 7.99. The van der Waals surface area contributed by atoms with Gasteiger partial charge in [-0.2, -0.15) is 10.4 Å². The van der Waals surface area contributed by atoms with Gasteiger partial charge in [-0.25, -0.2) is 9.07 Å². The Morgan fingerprint density at radius 1 is 1.11 bits per heavy atom. The first-order valence-electron chi connectivity index (χ1n) is 11.0. The summed E-state index contributed by atoms with van der Waals surface area (Å²) in [7, 11) is 0. The molecule has 1 aromatic heterocycles. The summed E-state index contributed by atoms with van der Waals surface area (Å²) in [5, 5.41) is 14.3. The molecule has 0 spiro atoms. The molecule has 9 heteroatoms. The Morgan fingerprint density at radius 3 is 2.44 bits per heavy atom. The van der Waals surface area contributed by atoms with Crippen molar-refractivity contribution in [3.63, 3.8) is 0 Å². The third-order valence-corrected chi connectivity index (χ3v) is 5.63. The van der Waals surface area contributed by atoms with E-state index in [2.05, 4.69) is 5.10 Å². The Kier molecular flexibility index (Phi) is 6.88. The molecule has 2 heterocycles. The molecule has 0 saturated carbocycles. The molecule has 1 aliphatic heterocycles. The van der Waals surface area contributed by atoms with Gasteiger partial charge in [-0.05, 0) is 55.0 Å². The van der Waals surface area contributed by atoms with Gasteiger partial charge in [-0.3, -0.25) is 19.3 Å². The van der Waals surface area contributed by atoms with Gasteiger partial charge in [0.25, 0.3) is 11.8 Å². The van der Waals surface area contributed by atoms with Gasteiger partial charge in [0.2, 0.25) is 0 Å². The molecule has 0 fully saturated rings. The van der Waals surface area contributed by atoms with Crippen LogP contribution >= 0.6 is 0 Å². The van der Waals surface area contributed by atoms with E-state index in [1.165, 1.54) is 26.0 Å². The zero-order valence-corrected chi connectivity index (χ0v) is 19.6. The molecule has 0 unspecified atom stereocenters. The third kappa shape index (κ3) is 4.83. The van der Waals surface area contributed by atoms with Crippen LogP contribution in [0.2, 0.25) is 0 Å². The van der Waals surface area contributed by atoms with E-state index in [4.69, 9.17) is 4.74 Å². The molecule has 180 valence electrons. The van der Waals surface area contributed by atoms with Crippen molar-refractivity contribution < 1.29 is 23.5 Å². The van der Waals surface area contributed by atoms with E-state index in [1.54, 1.807) is 29.1 Å². The van der Waals surface area contributed by atoms with Crippen LogP contribution in [-0.4, -0.2) is 45.6 Å². The monoisotopic (exact) mass is 484 g/mol. The van der Waals surface area contributed by atoms with Crippen molar-refractivity contribution in [2.45, 2.75) is 13.8 Å². The largest absolute Gasteiger partial charge is 0.464 e. The highest BCUT2D eigenvalue weighted by atomic mass is 19.1. The summed E-state index contributed by atoms with van der Waals surface area (Å²) in [4.78, 5) is 38.1. The van der Waals surface area contributed by atoms with Crippen molar-refractivity contribution in [3.8, 4) is 23.0 Å². The maximum atomic E-state index is 13.6. The fourth-order valence-corrected chi connectivity index (χ4v) is 3.81. The summed E-state index contributed by atoms with van der Waals surface area (Å²) in [6.45, 7) is 2.37. The van der Waals surface area contributed by atoms with Crippen molar-refractivity contribution in [2.75, 3.05) is 13.2 Å². The van der Waals surface area contributed by atoms with Crippen LogP contribution in [0.15, 0.2) is 77.5 Å². The van der Waals surface area contributed by atoms with E-state index in [0.717, 1.165) is 10.6 Å².